The van der Waals surface area contributed by atoms with Crippen molar-refractivity contribution < 1.29 is 22.5 Å². The number of carbonyl (C=O) groups excluding carboxylic acids is 1. The number of rotatable bonds is 4. The van der Waals surface area contributed by atoms with Crippen LogP contribution in [0.5, 0.6) is 0 Å². The number of nitro benzene ring substituents is 1. The maximum absolute atomic E-state index is 14.0. The van der Waals surface area contributed by atoms with Crippen molar-refractivity contribution >= 4 is 21.6 Å². The Bertz CT molecular complexity index is 1130. The van der Waals surface area contributed by atoms with Gasteiger partial charge in [0.05, 0.1) is 15.4 Å². The third-order valence-electron chi connectivity index (χ3n) is 5.40. The van der Waals surface area contributed by atoms with E-state index in [0.29, 0.717) is 0 Å². The maximum Gasteiger partial charge on any atom is 0.276 e. The first-order valence-electron chi connectivity index (χ1n) is 9.33. The van der Waals surface area contributed by atoms with Crippen molar-refractivity contribution in [2.45, 2.75) is 25.7 Å². The molecule has 0 aliphatic carbocycles. The van der Waals surface area contributed by atoms with Crippen LogP contribution in [0.2, 0.25) is 0 Å². The van der Waals surface area contributed by atoms with Gasteiger partial charge < -0.3 is 4.90 Å². The van der Waals surface area contributed by atoms with E-state index in [0.717, 1.165) is 23.3 Å². The van der Waals surface area contributed by atoms with E-state index in [-0.39, 0.29) is 42.2 Å². The van der Waals surface area contributed by atoms with Crippen molar-refractivity contribution in [3.8, 4) is 0 Å². The van der Waals surface area contributed by atoms with E-state index in [1.54, 1.807) is 18.2 Å². The van der Waals surface area contributed by atoms with Gasteiger partial charge in [0, 0.05) is 37.8 Å². The van der Waals surface area contributed by atoms with Gasteiger partial charge in [-0.1, -0.05) is 6.07 Å². The van der Waals surface area contributed by atoms with Gasteiger partial charge in [-0.25, -0.2) is 12.8 Å². The average molecular weight is 435 g/mol. The van der Waals surface area contributed by atoms with Crippen LogP contribution >= 0.6 is 0 Å². The monoisotopic (exact) mass is 435 g/mol. The van der Waals surface area contributed by atoms with Gasteiger partial charge in [0.2, 0.25) is 10.0 Å². The van der Waals surface area contributed by atoms with Crippen molar-refractivity contribution in [1.82, 2.24) is 9.21 Å². The second-order valence-corrected chi connectivity index (χ2v) is 9.24. The Morgan fingerprint density at radius 2 is 1.67 bits per heavy atom. The van der Waals surface area contributed by atoms with Crippen molar-refractivity contribution in [2.24, 2.45) is 0 Å². The Balaban J connectivity index is 1.76. The van der Waals surface area contributed by atoms with Crippen LogP contribution in [-0.2, 0) is 10.0 Å². The summed E-state index contributed by atoms with van der Waals surface area (Å²) in [7, 11) is -3.70. The summed E-state index contributed by atoms with van der Waals surface area (Å²) in [5, 5.41) is 11.1. The predicted octanol–water partition coefficient (Wildman–Crippen LogP) is 2.81. The Kier molecular flexibility index (Phi) is 5.91. The number of amides is 1. The van der Waals surface area contributed by atoms with Gasteiger partial charge in [0.1, 0.15) is 5.82 Å². The zero-order chi connectivity index (χ0) is 22.2. The van der Waals surface area contributed by atoms with Gasteiger partial charge in [0.15, 0.2) is 0 Å². The fourth-order valence-corrected chi connectivity index (χ4v) is 4.82. The highest BCUT2D eigenvalue weighted by Crippen LogP contribution is 2.25. The summed E-state index contributed by atoms with van der Waals surface area (Å²) in [6.45, 7) is 5.38. The van der Waals surface area contributed by atoms with E-state index < -0.39 is 32.4 Å². The van der Waals surface area contributed by atoms with Gasteiger partial charge in [-0.05, 0) is 50.1 Å². The highest BCUT2D eigenvalue weighted by atomic mass is 32.2. The quantitative estimate of drug-likeness (QED) is 0.543. The molecule has 0 saturated carbocycles. The second kappa shape index (κ2) is 8.11. The van der Waals surface area contributed by atoms with Gasteiger partial charge in [0.25, 0.3) is 11.6 Å². The van der Waals surface area contributed by atoms with Crippen LogP contribution in [0.25, 0.3) is 0 Å². The summed E-state index contributed by atoms with van der Waals surface area (Å²) < 4.78 is 41.1. The number of nitro groups is 1. The standard InChI is InChI=1S/C20H22FN3O5S/c1-13-4-5-17(10-14(13)2)30(28,29)23-8-6-22(7-9-23)20(25)16-11-18(21)15(3)19(12-16)24(26)27/h4-5,10-12H,6-9H2,1-3H3. The molecule has 0 unspecified atom stereocenters. The predicted molar refractivity (Wildman–Crippen MR) is 108 cm³/mol. The lowest BCUT2D eigenvalue weighted by Gasteiger charge is -2.34. The zero-order valence-electron chi connectivity index (χ0n) is 16.9. The largest absolute Gasteiger partial charge is 0.336 e. The number of aryl methyl sites for hydroxylation is 2. The summed E-state index contributed by atoms with van der Waals surface area (Å²) in [5.74, 6) is -1.40. The van der Waals surface area contributed by atoms with E-state index in [1.807, 2.05) is 13.8 Å². The molecule has 1 aliphatic rings. The summed E-state index contributed by atoms with van der Waals surface area (Å²) >= 11 is 0. The van der Waals surface area contributed by atoms with Crippen molar-refractivity contribution in [3.63, 3.8) is 0 Å². The third-order valence-corrected chi connectivity index (χ3v) is 7.30. The molecule has 0 spiro atoms. The van der Waals surface area contributed by atoms with Gasteiger partial charge in [-0.15, -0.1) is 0 Å². The first-order chi connectivity index (χ1) is 14.0. The minimum Gasteiger partial charge on any atom is -0.336 e. The SMILES string of the molecule is Cc1ccc(S(=O)(=O)N2CCN(C(=O)c3cc(F)c(C)c([N+](=O)[O-])c3)CC2)cc1C. The zero-order valence-corrected chi connectivity index (χ0v) is 17.7. The number of piperazine rings is 1. The summed E-state index contributed by atoms with van der Waals surface area (Å²) in [6.07, 6.45) is 0. The van der Waals surface area contributed by atoms with Crippen molar-refractivity contribution in [1.29, 1.82) is 0 Å². The molecule has 1 amide bonds. The first-order valence-corrected chi connectivity index (χ1v) is 10.8. The van der Waals surface area contributed by atoms with E-state index >= 15 is 0 Å². The number of carbonyl (C=O) groups is 1. The van der Waals surface area contributed by atoms with Gasteiger partial charge in [-0.3, -0.25) is 14.9 Å². The van der Waals surface area contributed by atoms with E-state index in [1.165, 1.54) is 16.1 Å². The molecule has 0 bridgehead atoms. The van der Waals surface area contributed by atoms with Crippen molar-refractivity contribution in [2.75, 3.05) is 26.2 Å². The van der Waals surface area contributed by atoms with Crippen molar-refractivity contribution in [3.05, 3.63) is 68.5 Å². The number of hydrogen-bond donors (Lipinski definition) is 0. The van der Waals surface area contributed by atoms with Crippen LogP contribution in [0.15, 0.2) is 35.2 Å². The average Bonchev–Trinajstić information content (AvgIpc) is 2.71. The van der Waals surface area contributed by atoms with E-state index in [2.05, 4.69) is 0 Å². The number of sulfonamides is 1. The fourth-order valence-electron chi connectivity index (χ4n) is 3.32. The molecular weight excluding hydrogens is 413 g/mol. The highest BCUT2D eigenvalue weighted by Gasteiger charge is 2.31. The maximum atomic E-state index is 14.0. The molecule has 1 saturated heterocycles. The molecule has 1 fully saturated rings. The topological polar surface area (TPSA) is 101 Å². The van der Waals surface area contributed by atoms with Gasteiger partial charge >= 0.3 is 0 Å². The fraction of sp³-hybridized carbons (Fsp3) is 0.350. The first kappa shape index (κ1) is 21.8. The smallest absolute Gasteiger partial charge is 0.276 e. The second-order valence-electron chi connectivity index (χ2n) is 7.30. The molecule has 8 nitrogen and oxygen atoms in total. The number of halogens is 1. The molecule has 3 rings (SSSR count). The molecule has 2 aromatic rings. The van der Waals surface area contributed by atoms with Crippen LogP contribution < -0.4 is 0 Å². The molecule has 2 aromatic carbocycles. The molecule has 30 heavy (non-hydrogen) atoms. The van der Waals surface area contributed by atoms with Crippen LogP contribution in [0.4, 0.5) is 10.1 Å². The molecule has 160 valence electrons. The minimum atomic E-state index is -3.70. The third kappa shape index (κ3) is 4.05. The van der Waals surface area contributed by atoms with Crippen LogP contribution in [0, 0.1) is 36.7 Å². The molecule has 0 aromatic heterocycles. The highest BCUT2D eigenvalue weighted by molar-refractivity contribution is 7.89. The lowest BCUT2D eigenvalue weighted by molar-refractivity contribution is -0.385. The summed E-state index contributed by atoms with van der Waals surface area (Å²) in [4.78, 5) is 24.7. The molecule has 0 atom stereocenters. The molecule has 0 radical (unpaired) electrons. The molecule has 10 heteroatoms. The number of hydrogen-bond acceptors (Lipinski definition) is 5. The Labute approximate surface area is 174 Å². The molecular formula is C20H22FN3O5S. The normalized spacial score (nSPS) is 15.3. The summed E-state index contributed by atoms with van der Waals surface area (Å²) in [5.41, 5.74) is 1.13. The number of benzene rings is 2. The Morgan fingerprint density at radius 1 is 1.03 bits per heavy atom. The van der Waals surface area contributed by atoms with Crippen LogP contribution in [0.3, 0.4) is 0 Å². The lowest BCUT2D eigenvalue weighted by atomic mass is 10.1. The molecule has 0 N–H and O–H groups in total. The van der Waals surface area contributed by atoms with E-state index in [9.17, 15) is 27.7 Å². The number of nitrogens with zero attached hydrogens (tertiary/aromatic N) is 3. The Hall–Kier alpha value is -2.85. The summed E-state index contributed by atoms with van der Waals surface area (Å²) in [6, 6.07) is 6.96. The van der Waals surface area contributed by atoms with Crippen LogP contribution in [0.1, 0.15) is 27.0 Å². The lowest BCUT2D eigenvalue weighted by Crippen LogP contribution is -2.50. The van der Waals surface area contributed by atoms with Crippen LogP contribution in [-0.4, -0.2) is 54.6 Å². The van der Waals surface area contributed by atoms with Gasteiger partial charge in [-0.2, -0.15) is 4.31 Å². The van der Waals surface area contributed by atoms with E-state index in [4.69, 9.17) is 0 Å². The molecule has 1 aliphatic heterocycles. The minimum absolute atomic E-state index is 0.0808. The molecule has 1 heterocycles. The Morgan fingerprint density at radius 3 is 2.23 bits per heavy atom.